The Bertz CT molecular complexity index is 965. The molecule has 6 nitrogen and oxygen atoms in total. The first-order valence-corrected chi connectivity index (χ1v) is 9.47. The van der Waals surface area contributed by atoms with Crippen LogP contribution in [0.4, 0.5) is 0 Å². The largest absolute Gasteiger partial charge is 0.494 e. The lowest BCUT2D eigenvalue weighted by molar-refractivity contribution is 0.0950. The smallest absolute Gasteiger partial charge is 0.251 e. The maximum Gasteiger partial charge on any atom is 0.251 e. The SMILES string of the molecule is CCOc1cc2c(cc1CNC(=O)c1ccc(-n3cccn3)cc1)O[C@@H](C)C2. The van der Waals surface area contributed by atoms with Crippen molar-refractivity contribution in [2.24, 2.45) is 0 Å². The quantitative estimate of drug-likeness (QED) is 0.714. The third-order valence-electron chi connectivity index (χ3n) is 4.72. The number of nitrogens with zero attached hydrogens (tertiary/aromatic N) is 2. The molecule has 4 rings (SSSR count). The van der Waals surface area contributed by atoms with Crippen molar-refractivity contribution in [3.05, 3.63) is 71.5 Å². The van der Waals surface area contributed by atoms with Crippen molar-refractivity contribution in [2.45, 2.75) is 32.9 Å². The summed E-state index contributed by atoms with van der Waals surface area (Å²) < 4.78 is 13.4. The van der Waals surface area contributed by atoms with E-state index in [4.69, 9.17) is 9.47 Å². The Hall–Kier alpha value is -3.28. The van der Waals surface area contributed by atoms with Crippen molar-refractivity contribution in [1.82, 2.24) is 15.1 Å². The Morgan fingerprint density at radius 1 is 1.32 bits per heavy atom. The van der Waals surface area contributed by atoms with Crippen LogP contribution in [0, 0.1) is 0 Å². The van der Waals surface area contributed by atoms with Crippen molar-refractivity contribution in [2.75, 3.05) is 6.61 Å². The van der Waals surface area contributed by atoms with Gasteiger partial charge in [0.15, 0.2) is 0 Å². The second-order valence-electron chi connectivity index (χ2n) is 6.81. The molecule has 1 atom stereocenters. The van der Waals surface area contributed by atoms with Crippen LogP contribution in [-0.2, 0) is 13.0 Å². The molecule has 28 heavy (non-hydrogen) atoms. The second-order valence-corrected chi connectivity index (χ2v) is 6.81. The molecule has 1 aliphatic rings. The number of benzene rings is 2. The van der Waals surface area contributed by atoms with Crippen molar-refractivity contribution in [1.29, 1.82) is 0 Å². The summed E-state index contributed by atoms with van der Waals surface area (Å²) in [6.07, 6.45) is 4.63. The average molecular weight is 377 g/mol. The van der Waals surface area contributed by atoms with Gasteiger partial charge in [0.25, 0.3) is 5.91 Å². The number of ether oxygens (including phenoxy) is 2. The van der Waals surface area contributed by atoms with Crippen LogP contribution in [0.3, 0.4) is 0 Å². The number of hydrogen-bond donors (Lipinski definition) is 1. The van der Waals surface area contributed by atoms with Crippen molar-refractivity contribution >= 4 is 5.91 Å². The Balaban J connectivity index is 1.46. The maximum absolute atomic E-state index is 12.6. The first-order chi connectivity index (χ1) is 13.6. The molecule has 0 saturated heterocycles. The maximum atomic E-state index is 12.6. The number of rotatable bonds is 6. The molecule has 0 radical (unpaired) electrons. The lowest BCUT2D eigenvalue weighted by atomic mass is 10.1. The molecular formula is C22H23N3O3. The molecule has 0 bridgehead atoms. The zero-order chi connectivity index (χ0) is 19.5. The molecule has 0 spiro atoms. The number of amides is 1. The molecule has 0 aliphatic carbocycles. The normalized spacial score (nSPS) is 15.0. The van der Waals surface area contributed by atoms with Gasteiger partial charge in [0.1, 0.15) is 17.6 Å². The highest BCUT2D eigenvalue weighted by molar-refractivity contribution is 5.94. The van der Waals surface area contributed by atoms with E-state index < -0.39 is 0 Å². The number of aromatic nitrogens is 2. The summed E-state index contributed by atoms with van der Waals surface area (Å²) in [4.78, 5) is 12.6. The third kappa shape index (κ3) is 3.71. The molecule has 2 heterocycles. The van der Waals surface area contributed by atoms with E-state index in [0.29, 0.717) is 18.7 Å². The summed E-state index contributed by atoms with van der Waals surface area (Å²) in [6, 6.07) is 13.2. The fraction of sp³-hybridized carbons (Fsp3) is 0.273. The lowest BCUT2D eigenvalue weighted by Crippen LogP contribution is -2.23. The van der Waals surface area contributed by atoms with Gasteiger partial charge in [-0.25, -0.2) is 4.68 Å². The van der Waals surface area contributed by atoms with Crippen molar-refractivity contribution in [3.8, 4) is 17.2 Å². The summed E-state index contributed by atoms with van der Waals surface area (Å²) in [7, 11) is 0. The first-order valence-electron chi connectivity index (χ1n) is 9.47. The lowest BCUT2D eigenvalue weighted by Gasteiger charge is -2.13. The summed E-state index contributed by atoms with van der Waals surface area (Å²) in [5.41, 5.74) is 3.57. The summed E-state index contributed by atoms with van der Waals surface area (Å²) in [6.45, 7) is 4.95. The second kappa shape index (κ2) is 7.76. The van der Waals surface area contributed by atoms with E-state index in [1.165, 1.54) is 0 Å². The fourth-order valence-corrected chi connectivity index (χ4v) is 3.37. The molecule has 1 amide bonds. The van der Waals surface area contributed by atoms with Gasteiger partial charge in [0, 0.05) is 42.0 Å². The van der Waals surface area contributed by atoms with Crippen LogP contribution in [0.1, 0.15) is 35.3 Å². The van der Waals surface area contributed by atoms with E-state index >= 15 is 0 Å². The van der Waals surface area contributed by atoms with Gasteiger partial charge in [0.05, 0.1) is 12.3 Å². The molecule has 0 unspecified atom stereocenters. The van der Waals surface area contributed by atoms with Gasteiger partial charge in [-0.1, -0.05) is 0 Å². The standard InChI is InChI=1S/C22H23N3O3/c1-3-27-20-12-17-11-15(2)28-21(17)13-18(20)14-23-22(26)16-5-7-19(8-6-16)25-10-4-9-24-25/h4-10,12-13,15H,3,11,14H2,1-2H3,(H,23,26)/t15-/m0/s1. The topological polar surface area (TPSA) is 65.4 Å². The molecule has 144 valence electrons. The zero-order valence-electron chi connectivity index (χ0n) is 16.0. The molecule has 0 saturated carbocycles. The summed E-state index contributed by atoms with van der Waals surface area (Å²) >= 11 is 0. The minimum Gasteiger partial charge on any atom is -0.494 e. The summed E-state index contributed by atoms with van der Waals surface area (Å²) in [5.74, 6) is 1.54. The molecule has 6 heteroatoms. The van der Waals surface area contributed by atoms with Gasteiger partial charge >= 0.3 is 0 Å². The number of nitrogens with one attached hydrogen (secondary N) is 1. The Labute approximate surface area is 164 Å². The molecule has 1 aliphatic heterocycles. The number of hydrogen-bond acceptors (Lipinski definition) is 4. The van der Waals surface area contributed by atoms with E-state index in [9.17, 15) is 4.79 Å². The number of carbonyl (C=O) groups is 1. The van der Waals surface area contributed by atoms with Crippen molar-refractivity contribution in [3.63, 3.8) is 0 Å². The Morgan fingerprint density at radius 2 is 2.14 bits per heavy atom. The molecule has 3 aromatic rings. The van der Waals surface area contributed by atoms with Gasteiger partial charge in [-0.05, 0) is 56.3 Å². The van der Waals surface area contributed by atoms with Crippen LogP contribution in [-0.4, -0.2) is 28.4 Å². The van der Waals surface area contributed by atoms with Crippen LogP contribution >= 0.6 is 0 Å². The van der Waals surface area contributed by atoms with Gasteiger partial charge in [-0.3, -0.25) is 4.79 Å². The minimum atomic E-state index is -0.135. The van der Waals surface area contributed by atoms with E-state index in [-0.39, 0.29) is 12.0 Å². The first kappa shape index (κ1) is 18.1. The highest BCUT2D eigenvalue weighted by Crippen LogP contribution is 2.35. The van der Waals surface area contributed by atoms with E-state index in [1.54, 1.807) is 23.0 Å². The van der Waals surface area contributed by atoms with E-state index in [0.717, 1.165) is 34.7 Å². The van der Waals surface area contributed by atoms with Gasteiger partial charge in [0.2, 0.25) is 0 Å². The van der Waals surface area contributed by atoms with Crippen molar-refractivity contribution < 1.29 is 14.3 Å². The highest BCUT2D eigenvalue weighted by atomic mass is 16.5. The van der Waals surface area contributed by atoms with E-state index in [2.05, 4.69) is 17.3 Å². The number of fused-ring (bicyclic) bond motifs is 1. The third-order valence-corrected chi connectivity index (χ3v) is 4.72. The fourth-order valence-electron chi connectivity index (χ4n) is 3.37. The predicted octanol–water partition coefficient (Wildman–Crippen LogP) is 3.52. The van der Waals surface area contributed by atoms with Crippen LogP contribution in [0.15, 0.2) is 54.9 Å². The van der Waals surface area contributed by atoms with Crippen LogP contribution in [0.2, 0.25) is 0 Å². The van der Waals surface area contributed by atoms with Gasteiger partial charge in [-0.15, -0.1) is 0 Å². The number of carbonyl (C=O) groups excluding carboxylic acids is 1. The monoisotopic (exact) mass is 377 g/mol. The Morgan fingerprint density at radius 3 is 2.86 bits per heavy atom. The Kier molecular flexibility index (Phi) is 5.02. The molecule has 1 N–H and O–H groups in total. The highest BCUT2D eigenvalue weighted by Gasteiger charge is 2.22. The van der Waals surface area contributed by atoms with Crippen LogP contribution in [0.5, 0.6) is 11.5 Å². The van der Waals surface area contributed by atoms with Crippen LogP contribution in [0.25, 0.3) is 5.69 Å². The molecule has 1 aromatic heterocycles. The summed E-state index contributed by atoms with van der Waals surface area (Å²) in [5, 5.41) is 7.16. The zero-order valence-corrected chi connectivity index (χ0v) is 16.0. The predicted molar refractivity (Wildman–Crippen MR) is 106 cm³/mol. The molecule has 0 fully saturated rings. The minimum absolute atomic E-state index is 0.135. The molecule has 2 aromatic carbocycles. The van der Waals surface area contributed by atoms with Crippen LogP contribution < -0.4 is 14.8 Å². The van der Waals surface area contributed by atoms with E-state index in [1.807, 2.05) is 43.5 Å². The van der Waals surface area contributed by atoms with Gasteiger partial charge < -0.3 is 14.8 Å². The van der Waals surface area contributed by atoms with Gasteiger partial charge in [-0.2, -0.15) is 5.10 Å². The molecular weight excluding hydrogens is 354 g/mol. The average Bonchev–Trinajstić information content (AvgIpc) is 3.35.